The van der Waals surface area contributed by atoms with E-state index in [9.17, 15) is 9.59 Å². The Morgan fingerprint density at radius 1 is 0.615 bits per heavy atom. The number of esters is 2. The quantitative estimate of drug-likeness (QED) is 0.0584. The van der Waals surface area contributed by atoms with Crippen LogP contribution in [0.25, 0.3) is 11.1 Å². The monoisotopic (exact) mass is 710 g/mol. The highest BCUT2D eigenvalue weighted by Crippen LogP contribution is 2.38. The van der Waals surface area contributed by atoms with Crippen molar-refractivity contribution >= 4 is 11.9 Å². The van der Waals surface area contributed by atoms with Crippen molar-refractivity contribution < 1.29 is 42.7 Å². The molecule has 0 fully saturated rings. The molecule has 5 rings (SSSR count). The first-order valence-electron chi connectivity index (χ1n) is 18.4. The van der Waals surface area contributed by atoms with E-state index in [1.165, 1.54) is 5.56 Å². The lowest BCUT2D eigenvalue weighted by atomic mass is 9.96. The minimum absolute atomic E-state index is 0.220. The fourth-order valence-corrected chi connectivity index (χ4v) is 6.04. The van der Waals surface area contributed by atoms with Crippen LogP contribution < -0.4 is 23.7 Å². The third-order valence-corrected chi connectivity index (χ3v) is 8.65. The maximum Gasteiger partial charge on any atom is 0.306 e. The van der Waals surface area contributed by atoms with Gasteiger partial charge in [-0.25, -0.2) is 0 Å². The fraction of sp³-hybridized carbons (Fsp3) is 0.395. The van der Waals surface area contributed by atoms with Crippen molar-refractivity contribution in [3.8, 4) is 39.9 Å². The Morgan fingerprint density at radius 3 is 2.15 bits per heavy atom. The number of hydrogen-bond donors (Lipinski definition) is 0. The molecule has 9 heteroatoms. The van der Waals surface area contributed by atoms with Crippen LogP contribution in [0, 0.1) is 0 Å². The lowest BCUT2D eigenvalue weighted by Gasteiger charge is -2.16. The van der Waals surface area contributed by atoms with Gasteiger partial charge in [-0.15, -0.1) is 0 Å². The minimum atomic E-state index is -0.222. The molecule has 0 N–H and O–H groups in total. The second-order valence-corrected chi connectivity index (χ2v) is 12.5. The summed E-state index contributed by atoms with van der Waals surface area (Å²) in [7, 11) is 0. The lowest BCUT2D eigenvalue weighted by molar-refractivity contribution is -0.144. The number of rotatable bonds is 22. The van der Waals surface area contributed by atoms with E-state index in [1.807, 2.05) is 85.8 Å². The molecular formula is C43H50O9. The second kappa shape index (κ2) is 20.6. The van der Waals surface area contributed by atoms with Gasteiger partial charge in [-0.3, -0.25) is 9.59 Å². The minimum Gasteiger partial charge on any atom is -0.493 e. The Hall–Kier alpha value is -5.18. The van der Waals surface area contributed by atoms with Gasteiger partial charge in [-0.05, 0) is 104 Å². The van der Waals surface area contributed by atoms with Gasteiger partial charge in [0, 0.05) is 18.9 Å². The molecule has 0 spiro atoms. The van der Waals surface area contributed by atoms with E-state index in [0.29, 0.717) is 52.3 Å². The van der Waals surface area contributed by atoms with Crippen molar-refractivity contribution in [3.63, 3.8) is 0 Å². The molecule has 4 aromatic carbocycles. The Labute approximate surface area is 307 Å². The Balaban J connectivity index is 1.14. The normalized spacial score (nSPS) is 11.6. The molecule has 0 aromatic heterocycles. The van der Waals surface area contributed by atoms with Crippen LogP contribution >= 0.6 is 0 Å². The van der Waals surface area contributed by atoms with E-state index in [2.05, 4.69) is 6.07 Å². The van der Waals surface area contributed by atoms with Crippen molar-refractivity contribution in [2.75, 3.05) is 33.2 Å². The lowest BCUT2D eigenvalue weighted by Crippen LogP contribution is -2.10. The number of fused-ring (bicyclic) bond motifs is 1. The Bertz CT molecular complexity index is 1720. The van der Waals surface area contributed by atoms with Gasteiger partial charge in [0.05, 0.1) is 26.4 Å². The number of carbonyl (C=O) groups is 2. The van der Waals surface area contributed by atoms with E-state index >= 15 is 0 Å². The molecule has 0 saturated heterocycles. The van der Waals surface area contributed by atoms with E-state index in [4.69, 9.17) is 33.2 Å². The van der Waals surface area contributed by atoms with Crippen LogP contribution in [-0.2, 0) is 38.5 Å². The van der Waals surface area contributed by atoms with Crippen LogP contribution in [-0.4, -0.2) is 45.2 Å². The van der Waals surface area contributed by atoms with E-state index < -0.39 is 0 Å². The summed E-state index contributed by atoms with van der Waals surface area (Å²) in [5, 5.41) is 0. The number of benzene rings is 4. The van der Waals surface area contributed by atoms with Gasteiger partial charge in [-0.2, -0.15) is 0 Å². The summed E-state index contributed by atoms with van der Waals surface area (Å²) in [6.07, 6.45) is 6.53. The first kappa shape index (κ1) is 38.1. The molecule has 0 aliphatic carbocycles. The largest absolute Gasteiger partial charge is 0.493 e. The average molecular weight is 711 g/mol. The molecule has 1 aliphatic heterocycles. The Morgan fingerprint density at radius 2 is 1.35 bits per heavy atom. The second-order valence-electron chi connectivity index (χ2n) is 12.5. The maximum atomic E-state index is 12.2. The highest BCUT2D eigenvalue weighted by Gasteiger charge is 2.16. The highest BCUT2D eigenvalue weighted by molar-refractivity contribution is 5.71. The topological polar surface area (TPSA) is 98.8 Å². The third-order valence-electron chi connectivity index (χ3n) is 8.65. The number of ether oxygens (including phenoxy) is 7. The van der Waals surface area contributed by atoms with E-state index in [0.717, 1.165) is 83.1 Å². The zero-order chi connectivity index (χ0) is 36.4. The average Bonchev–Trinajstić information content (AvgIpc) is 3.64. The molecule has 0 atom stereocenters. The van der Waals surface area contributed by atoms with Crippen LogP contribution in [0.4, 0.5) is 0 Å². The standard InChI is InChI=1S/C43H50O9/c1-3-46-42(44)19-13-25-49-39-18-12-17-33(38(39)21-23-43(45)47-4-2)16-10-5-6-11-24-48-36-26-35(34-20-22-40-41(28-34)52-31-51-40)27-37(29-36)50-30-32-14-8-7-9-15-32/h7-9,12,14-15,17-18,20,22,26-29H,3-6,10-11,13,16,19,21,23-25,30-31H2,1-2H3. The van der Waals surface area contributed by atoms with Crippen LogP contribution in [0.3, 0.4) is 0 Å². The van der Waals surface area contributed by atoms with Gasteiger partial charge in [0.25, 0.3) is 0 Å². The zero-order valence-electron chi connectivity index (χ0n) is 30.4. The van der Waals surface area contributed by atoms with Gasteiger partial charge in [0.1, 0.15) is 23.9 Å². The van der Waals surface area contributed by atoms with Crippen LogP contribution in [0.15, 0.2) is 84.9 Å². The fourth-order valence-electron chi connectivity index (χ4n) is 6.04. The maximum absolute atomic E-state index is 12.2. The van der Waals surface area contributed by atoms with Crippen molar-refractivity contribution in [2.45, 2.75) is 78.2 Å². The molecule has 0 amide bonds. The SMILES string of the molecule is CCOC(=O)CCCOc1cccc(CCCCCCOc2cc(OCc3ccccc3)cc(-c3ccc4c(c3)OCO4)c2)c1CCC(=O)OCC. The summed E-state index contributed by atoms with van der Waals surface area (Å²) in [6.45, 7) is 6.01. The van der Waals surface area contributed by atoms with Gasteiger partial charge in [-0.1, -0.05) is 61.4 Å². The highest BCUT2D eigenvalue weighted by atomic mass is 16.7. The van der Waals surface area contributed by atoms with Crippen LogP contribution in [0.1, 0.15) is 75.5 Å². The van der Waals surface area contributed by atoms with Gasteiger partial charge in [0.2, 0.25) is 6.79 Å². The first-order valence-corrected chi connectivity index (χ1v) is 18.4. The van der Waals surface area contributed by atoms with Gasteiger partial charge in [0.15, 0.2) is 11.5 Å². The van der Waals surface area contributed by atoms with Crippen LogP contribution in [0.5, 0.6) is 28.7 Å². The van der Waals surface area contributed by atoms with E-state index in [1.54, 1.807) is 6.92 Å². The molecule has 276 valence electrons. The smallest absolute Gasteiger partial charge is 0.306 e. The summed E-state index contributed by atoms with van der Waals surface area (Å²) < 4.78 is 39.9. The summed E-state index contributed by atoms with van der Waals surface area (Å²) in [5.41, 5.74) is 5.26. The summed E-state index contributed by atoms with van der Waals surface area (Å²) in [5.74, 6) is 3.28. The van der Waals surface area contributed by atoms with Crippen molar-refractivity contribution in [3.05, 3.63) is 102 Å². The molecule has 0 unspecified atom stereocenters. The summed E-state index contributed by atoms with van der Waals surface area (Å²) in [6, 6.07) is 28.1. The summed E-state index contributed by atoms with van der Waals surface area (Å²) >= 11 is 0. The number of aryl methyl sites for hydroxylation is 1. The van der Waals surface area contributed by atoms with Gasteiger partial charge < -0.3 is 33.2 Å². The molecule has 4 aromatic rings. The predicted octanol–water partition coefficient (Wildman–Crippen LogP) is 9.06. The molecule has 52 heavy (non-hydrogen) atoms. The van der Waals surface area contributed by atoms with Crippen molar-refractivity contribution in [2.24, 2.45) is 0 Å². The number of unbranched alkanes of at least 4 members (excludes halogenated alkanes) is 3. The molecule has 0 radical (unpaired) electrons. The van der Waals surface area contributed by atoms with Crippen LogP contribution in [0.2, 0.25) is 0 Å². The summed E-state index contributed by atoms with van der Waals surface area (Å²) in [4.78, 5) is 23.9. The predicted molar refractivity (Wildman–Crippen MR) is 199 cm³/mol. The number of carbonyl (C=O) groups excluding carboxylic acids is 2. The van der Waals surface area contributed by atoms with Crippen molar-refractivity contribution in [1.29, 1.82) is 0 Å². The molecular weight excluding hydrogens is 660 g/mol. The molecule has 0 saturated carbocycles. The molecule has 9 nitrogen and oxygen atoms in total. The zero-order valence-corrected chi connectivity index (χ0v) is 30.4. The molecule has 0 bridgehead atoms. The first-order chi connectivity index (χ1) is 25.5. The Kier molecular flexibility index (Phi) is 15.1. The molecule has 1 aliphatic rings. The van der Waals surface area contributed by atoms with E-state index in [-0.39, 0.29) is 25.2 Å². The van der Waals surface area contributed by atoms with Crippen molar-refractivity contribution in [1.82, 2.24) is 0 Å². The molecule has 1 heterocycles. The third kappa shape index (κ3) is 12.0. The van der Waals surface area contributed by atoms with Gasteiger partial charge >= 0.3 is 11.9 Å². The number of hydrogen-bond acceptors (Lipinski definition) is 9.